The maximum absolute atomic E-state index is 13.8. The van der Waals surface area contributed by atoms with E-state index in [0.29, 0.717) is 16.1 Å². The molecular weight excluding hydrogens is 377 g/mol. The van der Waals surface area contributed by atoms with Crippen molar-refractivity contribution in [2.24, 2.45) is 0 Å². The van der Waals surface area contributed by atoms with Crippen LogP contribution in [0.5, 0.6) is 0 Å². The Morgan fingerprint density at radius 2 is 1.86 bits per heavy atom. The van der Waals surface area contributed by atoms with E-state index in [4.69, 9.17) is 0 Å². The first-order chi connectivity index (χ1) is 13.4. The largest absolute Gasteiger partial charge is 0.323 e. The number of fused-ring (bicyclic) bond motifs is 1. The van der Waals surface area contributed by atoms with Crippen LogP contribution in [0, 0.1) is 5.82 Å². The predicted octanol–water partition coefficient (Wildman–Crippen LogP) is 4.63. The minimum absolute atomic E-state index is 0.0612. The number of aromatic nitrogens is 2. The van der Waals surface area contributed by atoms with E-state index in [0.717, 1.165) is 6.42 Å². The molecule has 0 fully saturated rings. The lowest BCUT2D eigenvalue weighted by molar-refractivity contribution is -0.115. The Bertz CT molecular complexity index is 1070. The van der Waals surface area contributed by atoms with Gasteiger partial charge in [0, 0.05) is 6.04 Å². The van der Waals surface area contributed by atoms with E-state index in [-0.39, 0.29) is 23.2 Å². The zero-order chi connectivity index (χ0) is 20.3. The van der Waals surface area contributed by atoms with Gasteiger partial charge in [-0.25, -0.2) is 9.37 Å². The van der Waals surface area contributed by atoms with Crippen LogP contribution < -0.4 is 10.9 Å². The highest BCUT2D eigenvalue weighted by molar-refractivity contribution is 8.00. The third-order valence-electron chi connectivity index (χ3n) is 4.59. The molecule has 1 aromatic heterocycles. The van der Waals surface area contributed by atoms with Crippen molar-refractivity contribution in [3.05, 3.63) is 64.7 Å². The fourth-order valence-corrected chi connectivity index (χ4v) is 3.80. The average molecular weight is 399 g/mol. The molecule has 1 N–H and O–H groups in total. The molecule has 7 heteroatoms. The highest BCUT2D eigenvalue weighted by Crippen LogP contribution is 2.26. The molecule has 5 nitrogen and oxygen atoms in total. The number of nitrogens with one attached hydrogen (secondary N) is 1. The van der Waals surface area contributed by atoms with Crippen molar-refractivity contribution >= 4 is 34.3 Å². The molecule has 0 unspecified atom stereocenters. The van der Waals surface area contributed by atoms with Crippen LogP contribution in [0.2, 0.25) is 0 Å². The highest BCUT2D eigenvalue weighted by atomic mass is 32.2. The Balaban J connectivity index is 1.93. The van der Waals surface area contributed by atoms with Crippen LogP contribution in [0.15, 0.2) is 58.5 Å². The summed E-state index contributed by atoms with van der Waals surface area (Å²) in [6.07, 6.45) is 0.753. The number of nitrogens with zero attached hydrogens (tertiary/aromatic N) is 2. The highest BCUT2D eigenvalue weighted by Gasteiger charge is 2.22. The van der Waals surface area contributed by atoms with E-state index >= 15 is 0 Å². The lowest BCUT2D eigenvalue weighted by Crippen LogP contribution is -2.28. The van der Waals surface area contributed by atoms with Crippen molar-refractivity contribution in [2.45, 2.75) is 43.6 Å². The van der Waals surface area contributed by atoms with Crippen LogP contribution in [-0.4, -0.2) is 20.7 Å². The van der Waals surface area contributed by atoms with Crippen molar-refractivity contribution in [1.29, 1.82) is 0 Å². The van der Waals surface area contributed by atoms with E-state index in [1.807, 2.05) is 26.0 Å². The summed E-state index contributed by atoms with van der Waals surface area (Å²) < 4.78 is 15.4. The molecule has 0 aliphatic heterocycles. The molecule has 2 atom stereocenters. The molecule has 28 heavy (non-hydrogen) atoms. The Kier molecular flexibility index (Phi) is 6.14. The normalized spacial score (nSPS) is 13.3. The topological polar surface area (TPSA) is 64.0 Å². The van der Waals surface area contributed by atoms with Gasteiger partial charge in [-0.3, -0.25) is 14.2 Å². The quantitative estimate of drug-likeness (QED) is 0.485. The number of hydrogen-bond donors (Lipinski definition) is 1. The lowest BCUT2D eigenvalue weighted by atomic mass is 10.2. The van der Waals surface area contributed by atoms with E-state index in [2.05, 4.69) is 10.3 Å². The van der Waals surface area contributed by atoms with Crippen LogP contribution in [-0.2, 0) is 4.79 Å². The first-order valence-corrected chi connectivity index (χ1v) is 10.0. The maximum Gasteiger partial charge on any atom is 0.262 e. The first-order valence-electron chi connectivity index (χ1n) is 9.15. The summed E-state index contributed by atoms with van der Waals surface area (Å²) in [5.74, 6) is -0.846. The molecule has 146 valence electrons. The second-order valence-electron chi connectivity index (χ2n) is 6.57. The third kappa shape index (κ3) is 4.09. The maximum atomic E-state index is 13.8. The number of carbonyl (C=O) groups is 1. The minimum atomic E-state index is -0.567. The van der Waals surface area contributed by atoms with Gasteiger partial charge in [0.15, 0.2) is 5.16 Å². The minimum Gasteiger partial charge on any atom is -0.323 e. The molecule has 3 aromatic rings. The Morgan fingerprint density at radius 1 is 1.18 bits per heavy atom. The number of para-hydroxylation sites is 2. The monoisotopic (exact) mass is 399 g/mol. The van der Waals surface area contributed by atoms with Crippen molar-refractivity contribution in [3.8, 4) is 0 Å². The zero-order valence-corrected chi connectivity index (χ0v) is 16.8. The van der Waals surface area contributed by atoms with Crippen molar-refractivity contribution in [2.75, 3.05) is 5.32 Å². The SMILES string of the molecule is CC[C@H](C)n1c(S[C@H](C)C(=O)Nc2ccccc2F)nc2ccccc2c1=O. The molecule has 0 saturated carbocycles. The van der Waals surface area contributed by atoms with Crippen molar-refractivity contribution in [1.82, 2.24) is 9.55 Å². The molecular formula is C21H22FN3O2S. The number of anilines is 1. The first kappa shape index (κ1) is 20.1. The van der Waals surface area contributed by atoms with Gasteiger partial charge in [0.05, 0.1) is 21.8 Å². The smallest absolute Gasteiger partial charge is 0.262 e. The van der Waals surface area contributed by atoms with Gasteiger partial charge in [-0.1, -0.05) is 43.0 Å². The Morgan fingerprint density at radius 3 is 2.57 bits per heavy atom. The van der Waals surface area contributed by atoms with Gasteiger partial charge in [0.2, 0.25) is 5.91 Å². The van der Waals surface area contributed by atoms with Crippen molar-refractivity contribution < 1.29 is 9.18 Å². The molecule has 3 rings (SSSR count). The zero-order valence-electron chi connectivity index (χ0n) is 16.0. The summed E-state index contributed by atoms with van der Waals surface area (Å²) in [4.78, 5) is 30.2. The van der Waals surface area contributed by atoms with Crippen LogP contribution in [0.4, 0.5) is 10.1 Å². The van der Waals surface area contributed by atoms with Gasteiger partial charge < -0.3 is 5.32 Å². The van der Waals surface area contributed by atoms with Crippen molar-refractivity contribution in [3.63, 3.8) is 0 Å². The summed E-state index contributed by atoms with van der Waals surface area (Å²) >= 11 is 1.19. The second kappa shape index (κ2) is 8.56. The molecule has 0 aliphatic carbocycles. The standard InChI is InChI=1S/C21H22FN3O2S/c1-4-13(2)25-20(27)15-9-5-7-11-17(15)24-21(25)28-14(3)19(26)23-18-12-8-6-10-16(18)22/h5-14H,4H2,1-3H3,(H,23,26)/t13-,14+/m0/s1. The molecule has 1 heterocycles. The lowest BCUT2D eigenvalue weighted by Gasteiger charge is -2.20. The van der Waals surface area contributed by atoms with Gasteiger partial charge in [-0.2, -0.15) is 0 Å². The summed E-state index contributed by atoms with van der Waals surface area (Å²) in [7, 11) is 0. The van der Waals surface area contributed by atoms with Crippen LogP contribution in [0.3, 0.4) is 0 Å². The summed E-state index contributed by atoms with van der Waals surface area (Å²) in [6, 6.07) is 13.1. The number of halogens is 1. The van der Waals surface area contributed by atoms with Gasteiger partial charge >= 0.3 is 0 Å². The molecule has 0 spiro atoms. The Hall–Kier alpha value is -2.67. The molecule has 0 saturated heterocycles. The number of amides is 1. The van der Waals surface area contributed by atoms with E-state index < -0.39 is 11.1 Å². The van der Waals surface area contributed by atoms with Crippen LogP contribution in [0.1, 0.15) is 33.2 Å². The van der Waals surface area contributed by atoms with E-state index in [1.165, 1.54) is 23.9 Å². The number of hydrogen-bond acceptors (Lipinski definition) is 4. The number of rotatable bonds is 6. The van der Waals surface area contributed by atoms with E-state index in [9.17, 15) is 14.0 Å². The molecule has 1 amide bonds. The van der Waals surface area contributed by atoms with Crippen LogP contribution >= 0.6 is 11.8 Å². The molecule has 2 aromatic carbocycles. The van der Waals surface area contributed by atoms with Crippen LogP contribution in [0.25, 0.3) is 10.9 Å². The molecule has 0 radical (unpaired) electrons. The number of benzene rings is 2. The fraction of sp³-hybridized carbons (Fsp3) is 0.286. The summed E-state index contributed by atoms with van der Waals surface area (Å²) in [5.41, 5.74) is 0.603. The summed E-state index contributed by atoms with van der Waals surface area (Å²) in [6.45, 7) is 5.66. The molecule has 0 bridgehead atoms. The second-order valence-corrected chi connectivity index (χ2v) is 7.88. The number of thioether (sulfide) groups is 1. The average Bonchev–Trinajstić information content (AvgIpc) is 2.69. The Labute approximate surface area is 167 Å². The van der Waals surface area contributed by atoms with Gasteiger partial charge in [-0.15, -0.1) is 0 Å². The van der Waals surface area contributed by atoms with E-state index in [1.54, 1.807) is 35.8 Å². The van der Waals surface area contributed by atoms with Gasteiger partial charge in [0.1, 0.15) is 5.82 Å². The summed E-state index contributed by atoms with van der Waals surface area (Å²) in [5, 5.41) is 3.06. The predicted molar refractivity (Wildman–Crippen MR) is 111 cm³/mol. The van der Waals surface area contributed by atoms with Gasteiger partial charge in [-0.05, 0) is 44.5 Å². The number of carbonyl (C=O) groups excluding carboxylic acids is 1. The van der Waals surface area contributed by atoms with Gasteiger partial charge in [0.25, 0.3) is 5.56 Å². The fourth-order valence-electron chi connectivity index (χ4n) is 2.79. The molecule has 0 aliphatic rings. The third-order valence-corrected chi connectivity index (χ3v) is 5.66.